The second kappa shape index (κ2) is 4.31. The number of hydrogen-bond donors (Lipinski definition) is 1. The minimum atomic E-state index is 0.671. The van der Waals surface area contributed by atoms with Gasteiger partial charge in [0.05, 0.1) is 11.9 Å². The fraction of sp³-hybridized carbons (Fsp3) is 0. The van der Waals surface area contributed by atoms with Crippen LogP contribution in [0, 0.1) is 0 Å². The zero-order valence-electron chi connectivity index (χ0n) is 9.60. The van der Waals surface area contributed by atoms with Gasteiger partial charge in [0.2, 0.25) is 0 Å². The summed E-state index contributed by atoms with van der Waals surface area (Å²) in [5, 5.41) is 2.89. The molecule has 0 aliphatic heterocycles. The van der Waals surface area contributed by atoms with Crippen molar-refractivity contribution in [2.75, 3.05) is 5.73 Å². The molecule has 0 radical (unpaired) electrons. The van der Waals surface area contributed by atoms with Gasteiger partial charge in [-0.15, -0.1) is 0 Å². The largest absolute Gasteiger partial charge is 0.397 e. The van der Waals surface area contributed by atoms with Gasteiger partial charge >= 0.3 is 0 Å². The minimum absolute atomic E-state index is 0.671. The highest BCUT2D eigenvalue weighted by atomic mass is 35.5. The third-order valence-corrected chi connectivity index (χ3v) is 3.34. The first-order valence-electron chi connectivity index (χ1n) is 5.64. The topological polar surface area (TPSA) is 38.9 Å². The van der Waals surface area contributed by atoms with E-state index < -0.39 is 0 Å². The normalized spacial score (nSPS) is 10.7. The summed E-state index contributed by atoms with van der Waals surface area (Å²) in [6.07, 6.45) is 3.41. The molecule has 0 saturated heterocycles. The summed E-state index contributed by atoms with van der Waals surface area (Å²) in [4.78, 5) is 4.02. The first-order chi connectivity index (χ1) is 8.77. The molecule has 0 spiro atoms. The average molecular weight is 255 g/mol. The lowest BCUT2D eigenvalue weighted by molar-refractivity contribution is 1.33. The van der Waals surface area contributed by atoms with Crippen LogP contribution in [0.25, 0.3) is 21.9 Å². The highest BCUT2D eigenvalue weighted by Crippen LogP contribution is 2.34. The van der Waals surface area contributed by atoms with Crippen LogP contribution in [0.2, 0.25) is 5.02 Å². The van der Waals surface area contributed by atoms with Crippen LogP contribution in [0.1, 0.15) is 0 Å². The minimum Gasteiger partial charge on any atom is -0.397 e. The van der Waals surface area contributed by atoms with E-state index in [9.17, 15) is 0 Å². The number of rotatable bonds is 1. The third-order valence-electron chi connectivity index (χ3n) is 3.01. The Bertz CT molecular complexity index is 723. The van der Waals surface area contributed by atoms with E-state index in [0.29, 0.717) is 5.69 Å². The lowest BCUT2D eigenvalue weighted by atomic mass is 9.98. The van der Waals surface area contributed by atoms with Crippen LogP contribution < -0.4 is 5.73 Å². The van der Waals surface area contributed by atoms with Crippen LogP contribution in [0.4, 0.5) is 5.69 Å². The van der Waals surface area contributed by atoms with Crippen molar-refractivity contribution in [3.05, 3.63) is 59.9 Å². The molecular formula is C15H11ClN2. The highest BCUT2D eigenvalue weighted by Gasteiger charge is 2.08. The van der Waals surface area contributed by atoms with Gasteiger partial charge in [-0.25, -0.2) is 0 Å². The maximum absolute atomic E-state index is 6.21. The predicted octanol–water partition coefficient (Wildman–Crippen LogP) is 4.14. The van der Waals surface area contributed by atoms with Crippen molar-refractivity contribution in [3.8, 4) is 11.1 Å². The Kier molecular flexibility index (Phi) is 2.65. The number of benzene rings is 2. The third kappa shape index (κ3) is 1.71. The Balaban J connectivity index is 2.38. The van der Waals surface area contributed by atoms with Crippen LogP contribution >= 0.6 is 11.6 Å². The molecule has 0 bridgehead atoms. The average Bonchev–Trinajstić information content (AvgIpc) is 2.41. The van der Waals surface area contributed by atoms with E-state index in [1.165, 1.54) is 0 Å². The zero-order chi connectivity index (χ0) is 12.5. The number of anilines is 1. The molecule has 2 N–H and O–H groups in total. The van der Waals surface area contributed by atoms with E-state index in [-0.39, 0.29) is 0 Å². The number of nitrogens with zero attached hydrogens (tertiary/aromatic N) is 1. The van der Waals surface area contributed by atoms with Crippen LogP contribution in [0.5, 0.6) is 0 Å². The number of aromatic nitrogens is 1. The molecule has 0 saturated carbocycles. The molecular weight excluding hydrogens is 244 g/mol. The van der Waals surface area contributed by atoms with Gasteiger partial charge in [0.1, 0.15) is 0 Å². The molecule has 0 atom stereocenters. The molecule has 0 fully saturated rings. The Labute approximate surface area is 110 Å². The Morgan fingerprint density at radius 3 is 2.44 bits per heavy atom. The van der Waals surface area contributed by atoms with E-state index in [0.717, 1.165) is 26.9 Å². The van der Waals surface area contributed by atoms with Crippen molar-refractivity contribution >= 4 is 28.1 Å². The van der Waals surface area contributed by atoms with E-state index >= 15 is 0 Å². The Morgan fingerprint density at radius 2 is 1.67 bits per heavy atom. The summed E-state index contributed by atoms with van der Waals surface area (Å²) in [7, 11) is 0. The first kappa shape index (κ1) is 11.1. The monoisotopic (exact) mass is 254 g/mol. The SMILES string of the molecule is Nc1cnccc1-c1ccc(Cl)c2ccccc12. The number of halogens is 1. The van der Waals surface area contributed by atoms with Crippen LogP contribution in [0.15, 0.2) is 54.9 Å². The van der Waals surface area contributed by atoms with E-state index in [4.69, 9.17) is 17.3 Å². The van der Waals surface area contributed by atoms with Crippen molar-refractivity contribution in [3.63, 3.8) is 0 Å². The standard InChI is InChI=1S/C15H11ClN2/c16-14-6-5-11(10-3-1-2-4-12(10)14)13-7-8-18-9-15(13)17/h1-9H,17H2. The van der Waals surface area contributed by atoms with Gasteiger partial charge in [0, 0.05) is 22.2 Å². The number of hydrogen-bond acceptors (Lipinski definition) is 2. The molecule has 3 aromatic rings. The summed E-state index contributed by atoms with van der Waals surface area (Å²) in [6.45, 7) is 0. The molecule has 0 unspecified atom stereocenters. The highest BCUT2D eigenvalue weighted by molar-refractivity contribution is 6.36. The number of pyridine rings is 1. The molecule has 1 heterocycles. The fourth-order valence-corrected chi connectivity index (χ4v) is 2.38. The maximum atomic E-state index is 6.21. The lowest BCUT2D eigenvalue weighted by Crippen LogP contribution is -1.91. The van der Waals surface area contributed by atoms with Crippen LogP contribution in [-0.4, -0.2) is 4.98 Å². The summed E-state index contributed by atoms with van der Waals surface area (Å²) in [5.74, 6) is 0. The van der Waals surface area contributed by atoms with Crippen LogP contribution in [0.3, 0.4) is 0 Å². The number of nitrogen functional groups attached to an aromatic ring is 1. The Morgan fingerprint density at radius 1 is 0.889 bits per heavy atom. The van der Waals surface area contributed by atoms with Crippen molar-refractivity contribution in [2.45, 2.75) is 0 Å². The van der Waals surface area contributed by atoms with Gasteiger partial charge in [0.25, 0.3) is 0 Å². The van der Waals surface area contributed by atoms with Crippen molar-refractivity contribution in [2.24, 2.45) is 0 Å². The van der Waals surface area contributed by atoms with Crippen LogP contribution in [-0.2, 0) is 0 Å². The summed E-state index contributed by atoms with van der Waals surface area (Å²) >= 11 is 6.21. The van der Waals surface area contributed by atoms with Gasteiger partial charge < -0.3 is 5.73 Å². The molecule has 3 heteroatoms. The van der Waals surface area contributed by atoms with Crippen molar-refractivity contribution in [1.82, 2.24) is 4.98 Å². The molecule has 0 aliphatic carbocycles. The smallest absolute Gasteiger partial charge is 0.0580 e. The molecule has 0 amide bonds. The summed E-state index contributed by atoms with van der Waals surface area (Å²) in [6, 6.07) is 13.9. The van der Waals surface area contributed by atoms with Crippen molar-refractivity contribution < 1.29 is 0 Å². The van der Waals surface area contributed by atoms with Gasteiger partial charge in [-0.1, -0.05) is 41.9 Å². The molecule has 3 rings (SSSR count). The van der Waals surface area contributed by atoms with Gasteiger partial charge in [-0.2, -0.15) is 0 Å². The number of nitrogens with two attached hydrogens (primary N) is 1. The first-order valence-corrected chi connectivity index (χ1v) is 6.02. The quantitative estimate of drug-likeness (QED) is 0.709. The fourth-order valence-electron chi connectivity index (χ4n) is 2.15. The second-order valence-electron chi connectivity index (χ2n) is 4.10. The summed E-state index contributed by atoms with van der Waals surface area (Å²) < 4.78 is 0. The van der Waals surface area contributed by atoms with E-state index in [2.05, 4.69) is 11.1 Å². The second-order valence-corrected chi connectivity index (χ2v) is 4.51. The number of fused-ring (bicyclic) bond motifs is 1. The molecule has 0 aliphatic rings. The molecule has 2 aromatic carbocycles. The van der Waals surface area contributed by atoms with Crippen molar-refractivity contribution in [1.29, 1.82) is 0 Å². The molecule has 18 heavy (non-hydrogen) atoms. The zero-order valence-corrected chi connectivity index (χ0v) is 10.4. The lowest BCUT2D eigenvalue weighted by Gasteiger charge is -2.10. The summed E-state index contributed by atoms with van der Waals surface area (Å²) in [5.41, 5.74) is 8.72. The molecule has 88 valence electrons. The van der Waals surface area contributed by atoms with E-state index in [1.807, 2.05) is 36.4 Å². The predicted molar refractivity (Wildman–Crippen MR) is 76.6 cm³/mol. The van der Waals surface area contributed by atoms with E-state index in [1.54, 1.807) is 12.4 Å². The molecule has 1 aromatic heterocycles. The van der Waals surface area contributed by atoms with Gasteiger partial charge in [-0.05, 0) is 23.1 Å². The Hall–Kier alpha value is -2.06. The van der Waals surface area contributed by atoms with Gasteiger partial charge in [-0.3, -0.25) is 4.98 Å². The van der Waals surface area contributed by atoms with Gasteiger partial charge in [0.15, 0.2) is 0 Å². The molecule has 2 nitrogen and oxygen atoms in total. The maximum Gasteiger partial charge on any atom is 0.0580 e.